The van der Waals surface area contributed by atoms with Crippen molar-refractivity contribution in [1.29, 1.82) is 0 Å². The maximum atomic E-state index is 11.9. The van der Waals surface area contributed by atoms with E-state index in [4.69, 9.17) is 15.2 Å². The Morgan fingerprint density at radius 1 is 1.24 bits per heavy atom. The molecule has 0 radical (unpaired) electrons. The quantitative estimate of drug-likeness (QED) is 0.739. The van der Waals surface area contributed by atoms with Crippen molar-refractivity contribution in [3.05, 3.63) is 10.4 Å². The smallest absolute Gasteiger partial charge is 0.350 e. The second kappa shape index (κ2) is 7.84. The summed E-state index contributed by atoms with van der Waals surface area (Å²) >= 11 is 1.07. The summed E-state index contributed by atoms with van der Waals surface area (Å²) in [5, 5.41) is 3.63. The topological polar surface area (TPSA) is 99.9 Å². The Kier molecular flexibility index (Phi) is 6.44. The van der Waals surface area contributed by atoms with Crippen LogP contribution in [0.1, 0.15) is 33.4 Å². The van der Waals surface area contributed by atoms with E-state index in [-0.39, 0.29) is 22.2 Å². The van der Waals surface area contributed by atoms with Gasteiger partial charge in [0.25, 0.3) is 0 Å². The Morgan fingerprint density at radius 3 is 2.33 bits per heavy atom. The number of nitrogen functional groups attached to an aromatic ring is 1. The molecule has 1 atom stereocenters. The third-order valence-electron chi connectivity index (χ3n) is 2.90. The molecular formula is C13H20N2O5S. The summed E-state index contributed by atoms with van der Waals surface area (Å²) in [4.78, 5) is 23.8. The first-order valence-corrected chi connectivity index (χ1v) is 7.16. The second-order valence-electron chi connectivity index (χ2n) is 4.24. The average molecular weight is 316 g/mol. The predicted octanol–water partition coefficient (Wildman–Crippen LogP) is 1.74. The molecule has 0 aliphatic heterocycles. The van der Waals surface area contributed by atoms with Gasteiger partial charge in [-0.2, -0.15) is 0 Å². The van der Waals surface area contributed by atoms with Gasteiger partial charge in [0, 0.05) is 13.2 Å². The molecule has 1 heterocycles. The van der Waals surface area contributed by atoms with Gasteiger partial charge in [-0.25, -0.2) is 9.59 Å². The summed E-state index contributed by atoms with van der Waals surface area (Å²) in [5.74, 6) is -1.19. The van der Waals surface area contributed by atoms with Gasteiger partial charge in [-0.05, 0) is 6.42 Å². The number of hydrogen-bond donors (Lipinski definition) is 2. The molecule has 7 nitrogen and oxygen atoms in total. The van der Waals surface area contributed by atoms with E-state index >= 15 is 0 Å². The molecule has 1 aromatic heterocycles. The molecular weight excluding hydrogens is 296 g/mol. The van der Waals surface area contributed by atoms with E-state index in [1.54, 1.807) is 7.11 Å². The predicted molar refractivity (Wildman–Crippen MR) is 81.0 cm³/mol. The lowest BCUT2D eigenvalue weighted by Gasteiger charge is -2.16. The molecule has 0 bridgehead atoms. The summed E-state index contributed by atoms with van der Waals surface area (Å²) < 4.78 is 14.5. The van der Waals surface area contributed by atoms with Crippen LogP contribution < -0.4 is 11.1 Å². The Bertz CT molecular complexity index is 515. The van der Waals surface area contributed by atoms with Crippen molar-refractivity contribution < 1.29 is 23.8 Å². The number of esters is 2. The SMILES string of the molecule is CCC(COC)Nc1sc(C(=O)OC)c(N)c1C(=O)OC. The van der Waals surface area contributed by atoms with Crippen molar-refractivity contribution in [3.63, 3.8) is 0 Å². The number of nitrogens with two attached hydrogens (primary N) is 1. The molecule has 0 fully saturated rings. The highest BCUT2D eigenvalue weighted by molar-refractivity contribution is 7.19. The number of rotatable bonds is 7. The first-order valence-electron chi connectivity index (χ1n) is 6.34. The fraction of sp³-hybridized carbons (Fsp3) is 0.538. The molecule has 1 aromatic rings. The molecule has 0 aliphatic rings. The van der Waals surface area contributed by atoms with Crippen LogP contribution >= 0.6 is 11.3 Å². The molecule has 0 aromatic carbocycles. The van der Waals surface area contributed by atoms with Crippen LogP contribution in [-0.2, 0) is 14.2 Å². The fourth-order valence-corrected chi connectivity index (χ4v) is 2.85. The summed E-state index contributed by atoms with van der Waals surface area (Å²) in [6, 6.07) is -0.0121. The van der Waals surface area contributed by atoms with E-state index in [1.165, 1.54) is 14.2 Å². The Balaban J connectivity index is 3.22. The highest BCUT2D eigenvalue weighted by Crippen LogP contribution is 2.37. The minimum Gasteiger partial charge on any atom is -0.465 e. The van der Waals surface area contributed by atoms with Crippen molar-refractivity contribution in [2.75, 3.05) is 39.0 Å². The van der Waals surface area contributed by atoms with Gasteiger partial charge in [0.15, 0.2) is 0 Å². The van der Waals surface area contributed by atoms with Crippen molar-refractivity contribution in [3.8, 4) is 0 Å². The number of ether oxygens (including phenoxy) is 3. The van der Waals surface area contributed by atoms with Crippen LogP contribution in [0.4, 0.5) is 10.7 Å². The van der Waals surface area contributed by atoms with Gasteiger partial charge >= 0.3 is 11.9 Å². The number of carbonyl (C=O) groups is 2. The Morgan fingerprint density at radius 2 is 1.86 bits per heavy atom. The first-order chi connectivity index (χ1) is 9.99. The van der Waals surface area contributed by atoms with Crippen LogP contribution in [0.3, 0.4) is 0 Å². The summed E-state index contributed by atoms with van der Waals surface area (Å²) in [6.45, 7) is 2.44. The molecule has 1 rings (SSSR count). The van der Waals surface area contributed by atoms with Gasteiger partial charge in [0.2, 0.25) is 0 Å². The molecule has 0 aliphatic carbocycles. The number of carbonyl (C=O) groups excluding carboxylic acids is 2. The van der Waals surface area contributed by atoms with Crippen molar-refractivity contribution in [2.24, 2.45) is 0 Å². The summed E-state index contributed by atoms with van der Waals surface area (Å²) in [5.41, 5.74) is 6.10. The van der Waals surface area contributed by atoms with Crippen molar-refractivity contribution >= 4 is 34.0 Å². The van der Waals surface area contributed by atoms with Crippen molar-refractivity contribution in [1.82, 2.24) is 0 Å². The van der Waals surface area contributed by atoms with E-state index in [0.717, 1.165) is 17.8 Å². The fourth-order valence-electron chi connectivity index (χ4n) is 1.74. The maximum absolute atomic E-state index is 11.9. The lowest BCUT2D eigenvalue weighted by atomic mass is 10.2. The molecule has 8 heteroatoms. The number of thiophene rings is 1. The van der Waals surface area contributed by atoms with Crippen molar-refractivity contribution in [2.45, 2.75) is 19.4 Å². The molecule has 0 amide bonds. The second-order valence-corrected chi connectivity index (χ2v) is 5.26. The molecule has 1 unspecified atom stereocenters. The first kappa shape index (κ1) is 17.3. The van der Waals surface area contributed by atoms with Crippen LogP contribution in [0.15, 0.2) is 0 Å². The molecule has 0 spiro atoms. The molecule has 118 valence electrons. The van der Waals surface area contributed by atoms with Gasteiger partial charge in [0.05, 0.1) is 26.5 Å². The molecule has 0 saturated heterocycles. The third kappa shape index (κ3) is 3.85. The normalized spacial score (nSPS) is 11.8. The Hall–Kier alpha value is -1.80. The van der Waals surface area contributed by atoms with Gasteiger partial charge in [-0.3, -0.25) is 0 Å². The number of hydrogen-bond acceptors (Lipinski definition) is 8. The minimum absolute atomic E-state index is 0.0121. The summed E-state index contributed by atoms with van der Waals surface area (Å²) in [7, 11) is 4.11. The van der Waals surface area contributed by atoms with E-state index in [9.17, 15) is 9.59 Å². The zero-order valence-electron chi connectivity index (χ0n) is 12.5. The third-order valence-corrected chi connectivity index (χ3v) is 4.02. The zero-order valence-corrected chi connectivity index (χ0v) is 13.3. The van der Waals surface area contributed by atoms with E-state index in [1.807, 2.05) is 6.92 Å². The summed E-state index contributed by atoms with van der Waals surface area (Å²) in [6.07, 6.45) is 0.778. The average Bonchev–Trinajstić information content (AvgIpc) is 2.81. The van der Waals surface area contributed by atoms with Crippen LogP contribution in [0.25, 0.3) is 0 Å². The highest BCUT2D eigenvalue weighted by atomic mass is 32.1. The van der Waals surface area contributed by atoms with Gasteiger partial charge in [-0.15, -0.1) is 11.3 Å². The van der Waals surface area contributed by atoms with E-state index in [2.05, 4.69) is 10.1 Å². The van der Waals surface area contributed by atoms with Gasteiger partial charge < -0.3 is 25.3 Å². The number of anilines is 2. The van der Waals surface area contributed by atoms with E-state index in [0.29, 0.717) is 11.6 Å². The number of methoxy groups -OCH3 is 3. The molecule has 0 saturated carbocycles. The van der Waals surface area contributed by atoms with Crippen LogP contribution in [0.5, 0.6) is 0 Å². The number of nitrogens with one attached hydrogen (secondary N) is 1. The van der Waals surface area contributed by atoms with Gasteiger partial charge in [-0.1, -0.05) is 6.92 Å². The monoisotopic (exact) mass is 316 g/mol. The molecule has 3 N–H and O–H groups in total. The van der Waals surface area contributed by atoms with Crippen LogP contribution in [-0.4, -0.2) is 45.9 Å². The van der Waals surface area contributed by atoms with Crippen LogP contribution in [0, 0.1) is 0 Å². The lowest BCUT2D eigenvalue weighted by molar-refractivity contribution is 0.0602. The molecule has 21 heavy (non-hydrogen) atoms. The van der Waals surface area contributed by atoms with Gasteiger partial charge in [0.1, 0.15) is 15.4 Å². The standard InChI is InChI=1S/C13H20N2O5S/c1-5-7(6-18-2)15-11-8(12(16)19-3)9(14)10(21-11)13(17)20-4/h7,15H,5-6,14H2,1-4H3. The van der Waals surface area contributed by atoms with E-state index < -0.39 is 11.9 Å². The largest absolute Gasteiger partial charge is 0.465 e. The zero-order chi connectivity index (χ0) is 16.0. The Labute approximate surface area is 127 Å². The maximum Gasteiger partial charge on any atom is 0.350 e. The lowest BCUT2D eigenvalue weighted by Crippen LogP contribution is -2.24. The van der Waals surface area contributed by atoms with Crippen LogP contribution in [0.2, 0.25) is 0 Å². The highest BCUT2D eigenvalue weighted by Gasteiger charge is 2.27. The minimum atomic E-state index is -0.603.